The number of aryl methyl sites for hydroxylation is 1. The van der Waals surface area contributed by atoms with Crippen LogP contribution in [0.4, 0.5) is 5.69 Å². The number of sulfonamides is 1. The van der Waals surface area contributed by atoms with Crippen molar-refractivity contribution < 1.29 is 32.5 Å². The van der Waals surface area contributed by atoms with E-state index in [-0.39, 0.29) is 30.1 Å². The lowest BCUT2D eigenvalue weighted by Crippen LogP contribution is -2.45. The molecule has 0 radical (unpaired) electrons. The number of carbonyl (C=O) groups is 1. The molecule has 0 aliphatic carbocycles. The SMILES string of the molecule is Cc1ccc(S(=O)(=O)N[C@H](Cc2ccccc2)C(=O)Nc2ccc([C@@H]3O[C@H](CN4CCOCC4)C[C@H](c4ccc(CO)cc4)O3)cc2)cc1. The summed E-state index contributed by atoms with van der Waals surface area (Å²) in [5.74, 6) is -0.477. The van der Waals surface area contributed by atoms with Gasteiger partial charge in [0.1, 0.15) is 6.04 Å². The summed E-state index contributed by atoms with van der Waals surface area (Å²) < 4.78 is 47.7. The van der Waals surface area contributed by atoms with Crippen LogP contribution in [0.1, 0.15) is 46.6 Å². The van der Waals surface area contributed by atoms with E-state index in [1.54, 1.807) is 24.3 Å². The largest absolute Gasteiger partial charge is 0.392 e. The molecule has 0 bridgehead atoms. The molecule has 11 heteroatoms. The summed E-state index contributed by atoms with van der Waals surface area (Å²) in [6.07, 6.45) is -0.0810. The highest BCUT2D eigenvalue weighted by Gasteiger charge is 2.34. The van der Waals surface area contributed by atoms with Gasteiger partial charge in [-0.1, -0.05) is 84.4 Å². The first kappa shape index (κ1) is 34.9. The van der Waals surface area contributed by atoms with E-state index >= 15 is 0 Å². The second kappa shape index (κ2) is 16.2. The second-order valence-electron chi connectivity index (χ2n) is 12.6. The number of nitrogens with zero attached hydrogens (tertiary/aromatic N) is 1. The van der Waals surface area contributed by atoms with Crippen molar-refractivity contribution in [2.24, 2.45) is 0 Å². The summed E-state index contributed by atoms with van der Waals surface area (Å²) >= 11 is 0. The minimum absolute atomic E-state index is 0.0221. The number of ether oxygens (including phenoxy) is 3. The number of aliphatic hydroxyl groups excluding tert-OH is 1. The van der Waals surface area contributed by atoms with Gasteiger partial charge in [0.25, 0.3) is 0 Å². The molecule has 0 spiro atoms. The third kappa shape index (κ3) is 9.40. The fourth-order valence-electron chi connectivity index (χ4n) is 6.07. The molecule has 2 fully saturated rings. The summed E-state index contributed by atoms with van der Waals surface area (Å²) in [7, 11) is -3.97. The fourth-order valence-corrected chi connectivity index (χ4v) is 7.26. The number of amides is 1. The van der Waals surface area contributed by atoms with Crippen molar-refractivity contribution in [2.45, 2.75) is 55.8 Å². The first-order valence-electron chi connectivity index (χ1n) is 16.6. The normalized spacial score (nSPS) is 20.8. The highest BCUT2D eigenvalue weighted by Crippen LogP contribution is 2.38. The van der Waals surface area contributed by atoms with E-state index in [4.69, 9.17) is 14.2 Å². The molecule has 258 valence electrons. The molecule has 4 atom stereocenters. The quantitative estimate of drug-likeness (QED) is 0.193. The molecule has 0 aromatic heterocycles. The Balaban J connectivity index is 1.17. The van der Waals surface area contributed by atoms with E-state index in [9.17, 15) is 18.3 Å². The molecule has 10 nitrogen and oxygen atoms in total. The minimum atomic E-state index is -3.97. The van der Waals surface area contributed by atoms with Crippen molar-refractivity contribution in [3.8, 4) is 0 Å². The summed E-state index contributed by atoms with van der Waals surface area (Å²) in [6.45, 7) is 5.71. The average molecular weight is 686 g/mol. The van der Waals surface area contributed by atoms with E-state index < -0.39 is 28.3 Å². The van der Waals surface area contributed by atoms with Gasteiger partial charge in [-0.25, -0.2) is 8.42 Å². The van der Waals surface area contributed by atoms with Crippen molar-refractivity contribution in [2.75, 3.05) is 38.2 Å². The molecule has 2 heterocycles. The fraction of sp³-hybridized carbons (Fsp3) is 0.342. The van der Waals surface area contributed by atoms with Gasteiger partial charge in [-0.15, -0.1) is 0 Å². The third-order valence-electron chi connectivity index (χ3n) is 8.86. The van der Waals surface area contributed by atoms with Gasteiger partial charge in [0.05, 0.1) is 36.9 Å². The van der Waals surface area contributed by atoms with Crippen LogP contribution in [0.3, 0.4) is 0 Å². The Morgan fingerprint density at radius 2 is 1.53 bits per heavy atom. The molecule has 1 amide bonds. The van der Waals surface area contributed by atoms with Crippen molar-refractivity contribution >= 4 is 21.6 Å². The van der Waals surface area contributed by atoms with Crippen molar-refractivity contribution in [3.05, 3.63) is 131 Å². The van der Waals surface area contributed by atoms with E-state index in [2.05, 4.69) is 14.9 Å². The maximum atomic E-state index is 13.6. The minimum Gasteiger partial charge on any atom is -0.392 e. The van der Waals surface area contributed by atoms with Gasteiger partial charge in [0.15, 0.2) is 6.29 Å². The van der Waals surface area contributed by atoms with Crippen molar-refractivity contribution in [3.63, 3.8) is 0 Å². The highest BCUT2D eigenvalue weighted by atomic mass is 32.2. The lowest BCUT2D eigenvalue weighted by molar-refractivity contribution is -0.253. The maximum absolute atomic E-state index is 13.6. The van der Waals surface area contributed by atoms with E-state index in [1.807, 2.05) is 73.7 Å². The van der Waals surface area contributed by atoms with Crippen LogP contribution in [0.25, 0.3) is 0 Å². The lowest BCUT2D eigenvalue weighted by Gasteiger charge is -2.39. The lowest BCUT2D eigenvalue weighted by atomic mass is 9.99. The van der Waals surface area contributed by atoms with E-state index in [0.29, 0.717) is 25.3 Å². The Labute approximate surface area is 288 Å². The van der Waals surface area contributed by atoms with Gasteiger partial charge in [-0.05, 0) is 54.3 Å². The summed E-state index contributed by atoms with van der Waals surface area (Å²) in [4.78, 5) is 16.1. The molecule has 0 unspecified atom stereocenters. The Hall–Kier alpha value is -3.94. The smallest absolute Gasteiger partial charge is 0.242 e. The topological polar surface area (TPSA) is 126 Å². The zero-order chi connectivity index (χ0) is 34.2. The van der Waals surface area contributed by atoms with Crippen LogP contribution in [-0.2, 0) is 42.1 Å². The molecule has 2 aliphatic rings. The summed E-state index contributed by atoms with van der Waals surface area (Å²) in [5.41, 5.74) is 4.91. The third-order valence-corrected chi connectivity index (χ3v) is 10.3. The first-order chi connectivity index (χ1) is 23.8. The predicted molar refractivity (Wildman–Crippen MR) is 186 cm³/mol. The number of carbonyl (C=O) groups excluding carboxylic acids is 1. The Kier molecular flexibility index (Phi) is 11.5. The van der Waals surface area contributed by atoms with Gasteiger partial charge in [-0.2, -0.15) is 4.72 Å². The number of hydrogen-bond acceptors (Lipinski definition) is 8. The number of anilines is 1. The van der Waals surface area contributed by atoms with Crippen LogP contribution < -0.4 is 10.0 Å². The van der Waals surface area contributed by atoms with E-state index in [0.717, 1.165) is 47.5 Å². The Bertz CT molecular complexity index is 1760. The van der Waals surface area contributed by atoms with Crippen LogP contribution in [0.5, 0.6) is 0 Å². The van der Waals surface area contributed by atoms with Crippen molar-refractivity contribution in [1.29, 1.82) is 0 Å². The molecule has 4 aromatic rings. The number of benzene rings is 4. The molecular formula is C38H43N3O7S. The molecular weight excluding hydrogens is 642 g/mol. The average Bonchev–Trinajstić information content (AvgIpc) is 3.12. The zero-order valence-corrected chi connectivity index (χ0v) is 28.3. The van der Waals surface area contributed by atoms with Gasteiger partial charge in [0.2, 0.25) is 15.9 Å². The number of hydrogen-bond donors (Lipinski definition) is 3. The predicted octanol–water partition coefficient (Wildman–Crippen LogP) is 4.89. The molecule has 49 heavy (non-hydrogen) atoms. The number of rotatable bonds is 12. The van der Waals surface area contributed by atoms with Gasteiger partial charge < -0.3 is 24.6 Å². The van der Waals surface area contributed by atoms with Crippen LogP contribution in [0.2, 0.25) is 0 Å². The number of morpholine rings is 1. The number of aliphatic hydroxyl groups is 1. The van der Waals surface area contributed by atoms with E-state index in [1.165, 1.54) is 12.1 Å². The molecule has 3 N–H and O–H groups in total. The highest BCUT2D eigenvalue weighted by molar-refractivity contribution is 7.89. The van der Waals surface area contributed by atoms with Crippen molar-refractivity contribution in [1.82, 2.24) is 9.62 Å². The summed E-state index contributed by atoms with van der Waals surface area (Å²) in [6, 6.07) is 29.8. The van der Waals surface area contributed by atoms with Crippen LogP contribution in [-0.4, -0.2) is 69.3 Å². The molecule has 6 rings (SSSR count). The molecule has 4 aromatic carbocycles. The van der Waals surface area contributed by atoms with Crippen LogP contribution in [0, 0.1) is 6.92 Å². The summed E-state index contributed by atoms with van der Waals surface area (Å²) in [5, 5.41) is 12.4. The molecule has 0 saturated carbocycles. The Morgan fingerprint density at radius 1 is 0.857 bits per heavy atom. The van der Waals surface area contributed by atoms with Gasteiger partial charge in [-0.3, -0.25) is 9.69 Å². The molecule has 2 saturated heterocycles. The number of nitrogens with one attached hydrogen (secondary N) is 2. The second-order valence-corrected chi connectivity index (χ2v) is 14.3. The molecule has 2 aliphatic heterocycles. The maximum Gasteiger partial charge on any atom is 0.242 e. The monoisotopic (exact) mass is 685 g/mol. The van der Waals surface area contributed by atoms with Crippen LogP contribution in [0.15, 0.2) is 108 Å². The zero-order valence-electron chi connectivity index (χ0n) is 27.5. The first-order valence-corrected chi connectivity index (χ1v) is 18.1. The Morgan fingerprint density at radius 3 is 2.20 bits per heavy atom. The standard InChI is InChI=1S/C38H43N3O7S/c1-27-7-17-34(18-8-27)49(44,45)40-35(23-28-5-3-2-4-6-28)37(43)39-32-15-13-31(14-16-32)38-47-33(25-41-19-21-46-22-20-41)24-36(48-38)30-11-9-29(26-42)10-12-30/h2-18,33,35-36,38,40,42H,19-26H2,1H3,(H,39,43)/t33-,35+,36+,38+/m0/s1. The van der Waals surface area contributed by atoms with Gasteiger partial charge in [0, 0.05) is 37.3 Å². The van der Waals surface area contributed by atoms with Crippen LogP contribution >= 0.6 is 0 Å². The van der Waals surface area contributed by atoms with Gasteiger partial charge >= 0.3 is 0 Å².